The molecule has 5 fully saturated rings. The molecule has 87 heavy (non-hydrogen) atoms. The van der Waals surface area contributed by atoms with Gasteiger partial charge in [-0.1, -0.05) is 52.4 Å². The average Bonchev–Trinajstić information content (AvgIpc) is 1.70. The van der Waals surface area contributed by atoms with E-state index in [0.29, 0.717) is 90.6 Å². The molecule has 1 saturated heterocycles. The summed E-state index contributed by atoms with van der Waals surface area (Å²) in [6, 6.07) is 1.48. The van der Waals surface area contributed by atoms with Crippen molar-refractivity contribution in [2.75, 3.05) is 77.7 Å². The number of esters is 1. The number of amides is 3. The van der Waals surface area contributed by atoms with Crippen molar-refractivity contribution in [1.29, 1.82) is 0 Å². The lowest BCUT2D eigenvalue weighted by Gasteiger charge is -2.65. The second-order valence-electron chi connectivity index (χ2n) is 24.3. The van der Waals surface area contributed by atoms with Crippen molar-refractivity contribution in [3.63, 3.8) is 0 Å². The Hall–Kier alpha value is -3.57. The Kier molecular flexibility index (Phi) is 26.2. The number of hydrogen-bond donors (Lipinski definition) is 11. The van der Waals surface area contributed by atoms with E-state index in [4.69, 9.17) is 33.5 Å². The van der Waals surface area contributed by atoms with Gasteiger partial charge in [0.15, 0.2) is 0 Å². The van der Waals surface area contributed by atoms with Gasteiger partial charge in [0.05, 0.1) is 56.9 Å². The number of phosphoric ester groups is 1. The monoisotopic (exact) mass is 1300 g/mol. The summed E-state index contributed by atoms with van der Waals surface area (Å²) >= 11 is 0. The molecule has 11 N–H and O–H groups in total. The Labute approximate surface area is 506 Å². The van der Waals surface area contributed by atoms with Crippen LogP contribution in [0.5, 0.6) is 0 Å². The number of carbonyl (C=O) groups is 4. The standard InChI is InChI=1S/C55H91N6O23P3/c1-53-19-16-39(31-38(53)14-15-41-42(53)32-45(63)54(2)40(17-20-55(41,54)69)37-30-51(67)80-34-37)79-36-49(66)59-24-27-78-29-28-77-26-23-58-48(65)13-10-8-6-4-3-5-7-9-12-47(64)57-22-11-21-56-46-18-25-61(52(68)60-46)50-33-43(62)44(82-50)35-81-86(73,74)84-87(75,76)83-85(70,71)72/h18,25,30,38-45,50,62-63,69H,3-17,19-24,26-29,31-36H2,1-2H3,(H,57,64)(H,58,65)(H,59,66)(H,73,74)(H,75,76)(H,56,60,68)(H2,70,71,72)/t38?,39-,40+,41?,42?,43-,44+,45+,50+,53-,54-,55-/m0/s1. The van der Waals surface area contributed by atoms with E-state index in [2.05, 4.69) is 46.3 Å². The molecular formula is C55H91N6O23P3. The van der Waals surface area contributed by atoms with Gasteiger partial charge in [0, 0.05) is 63.1 Å². The number of aromatic nitrogens is 2. The van der Waals surface area contributed by atoms with Crippen LogP contribution in [0.2, 0.25) is 0 Å². The van der Waals surface area contributed by atoms with Gasteiger partial charge in [-0.2, -0.15) is 13.6 Å². The highest BCUT2D eigenvalue weighted by molar-refractivity contribution is 7.66. The lowest BCUT2D eigenvalue weighted by molar-refractivity contribution is -0.245. The summed E-state index contributed by atoms with van der Waals surface area (Å²) in [6.45, 7) is 6.64. The van der Waals surface area contributed by atoms with Crippen LogP contribution in [0.25, 0.3) is 0 Å². The second-order valence-corrected chi connectivity index (χ2v) is 28.7. The first-order chi connectivity index (χ1) is 41.2. The zero-order valence-electron chi connectivity index (χ0n) is 49.7. The third kappa shape index (κ3) is 20.0. The van der Waals surface area contributed by atoms with Crippen molar-refractivity contribution in [2.24, 2.45) is 34.5 Å². The molecule has 1 aromatic heterocycles. The highest BCUT2D eigenvalue weighted by Gasteiger charge is 2.71. The summed E-state index contributed by atoms with van der Waals surface area (Å²) in [5.74, 6) is 0.184. The van der Waals surface area contributed by atoms with Crippen LogP contribution >= 0.6 is 23.5 Å². The minimum Gasteiger partial charge on any atom is -0.458 e. The number of nitrogens with zero attached hydrogens (tertiary/aromatic N) is 2. The van der Waals surface area contributed by atoms with E-state index >= 15 is 0 Å². The Morgan fingerprint density at radius 1 is 0.736 bits per heavy atom. The molecule has 0 spiro atoms. The smallest absolute Gasteiger partial charge is 0.458 e. The van der Waals surface area contributed by atoms with Crippen LogP contribution in [-0.2, 0) is 69.7 Å². The van der Waals surface area contributed by atoms with Crippen LogP contribution in [0, 0.1) is 34.5 Å². The number of unbranched alkanes of at least 4 members (excludes halogenated alkanes) is 7. The summed E-state index contributed by atoms with van der Waals surface area (Å²) in [6.07, 6.45) is 13.7. The van der Waals surface area contributed by atoms with E-state index in [-0.39, 0.29) is 78.4 Å². The van der Waals surface area contributed by atoms with Gasteiger partial charge < -0.3 is 79.8 Å². The van der Waals surface area contributed by atoms with Crippen molar-refractivity contribution < 1.29 is 105 Å². The van der Waals surface area contributed by atoms with Crippen molar-refractivity contribution >= 4 is 53.0 Å². The molecule has 0 aromatic carbocycles. The van der Waals surface area contributed by atoms with Gasteiger partial charge in [-0.25, -0.2) is 23.3 Å². The number of rotatable bonds is 37. The van der Waals surface area contributed by atoms with Crippen LogP contribution in [0.3, 0.4) is 0 Å². The van der Waals surface area contributed by atoms with Crippen LogP contribution in [-0.4, -0.2) is 171 Å². The summed E-state index contributed by atoms with van der Waals surface area (Å²) < 4.78 is 75.3. The normalized spacial score (nSPS) is 30.9. The van der Waals surface area contributed by atoms with Gasteiger partial charge >= 0.3 is 35.1 Å². The van der Waals surface area contributed by atoms with Gasteiger partial charge in [-0.3, -0.25) is 23.5 Å². The van der Waals surface area contributed by atoms with Gasteiger partial charge in [0.25, 0.3) is 0 Å². The predicted octanol–water partition coefficient (Wildman–Crippen LogP) is 3.93. The number of phosphoric acid groups is 3. The average molecular weight is 1300 g/mol. The fraction of sp³-hybridized carbons (Fsp3) is 0.818. The van der Waals surface area contributed by atoms with E-state index in [0.717, 1.165) is 100 Å². The minimum absolute atomic E-state index is 0.0112. The number of aliphatic hydroxyl groups excluding tert-OH is 2. The van der Waals surface area contributed by atoms with Gasteiger partial charge in [0.1, 0.15) is 31.4 Å². The Balaban J connectivity index is 0.610. The molecule has 32 heteroatoms. The minimum atomic E-state index is -5.73. The van der Waals surface area contributed by atoms with Crippen molar-refractivity contribution in [2.45, 2.75) is 179 Å². The Morgan fingerprint density at radius 2 is 1.38 bits per heavy atom. The van der Waals surface area contributed by atoms with E-state index < -0.39 is 71.3 Å². The number of ether oxygens (including phenoxy) is 5. The number of aliphatic hydroxyl groups is 3. The van der Waals surface area contributed by atoms with Gasteiger partial charge in [0.2, 0.25) is 17.7 Å². The summed E-state index contributed by atoms with van der Waals surface area (Å²) in [5.41, 5.74) is -1.65. The van der Waals surface area contributed by atoms with E-state index in [1.54, 1.807) is 6.08 Å². The van der Waals surface area contributed by atoms with Crippen molar-refractivity contribution in [3.8, 4) is 0 Å². The first-order valence-electron chi connectivity index (χ1n) is 30.5. The summed E-state index contributed by atoms with van der Waals surface area (Å²) in [5, 5.41) is 46.3. The quantitative estimate of drug-likeness (QED) is 0.0255. The molecule has 1 aromatic rings. The largest absolute Gasteiger partial charge is 0.490 e. The zero-order valence-corrected chi connectivity index (χ0v) is 52.4. The number of nitrogens with one attached hydrogen (secondary N) is 4. The molecule has 6 aliphatic rings. The topological polar surface area (TPSA) is 418 Å². The molecule has 0 bridgehead atoms. The van der Waals surface area contributed by atoms with E-state index in [9.17, 15) is 62.8 Å². The lowest BCUT2D eigenvalue weighted by atomic mass is 9.42. The molecule has 3 amide bonds. The Morgan fingerprint density at radius 3 is 2.01 bits per heavy atom. The highest BCUT2D eigenvalue weighted by Crippen LogP contribution is 2.70. The van der Waals surface area contributed by atoms with Crippen molar-refractivity contribution in [1.82, 2.24) is 25.5 Å². The van der Waals surface area contributed by atoms with Gasteiger partial charge in [-0.15, -0.1) is 0 Å². The zero-order chi connectivity index (χ0) is 63.0. The molecule has 5 unspecified atom stereocenters. The number of fused-ring (bicyclic) bond motifs is 5. The number of anilines is 1. The maximum atomic E-state index is 12.7. The molecule has 4 aliphatic carbocycles. The number of cyclic esters (lactones) is 1. The molecule has 29 nitrogen and oxygen atoms in total. The maximum Gasteiger partial charge on any atom is 0.490 e. The van der Waals surface area contributed by atoms with Gasteiger partial charge in [-0.05, 0) is 111 Å². The van der Waals surface area contributed by atoms with E-state index in [1.165, 1.54) is 12.3 Å². The number of carbonyl (C=O) groups excluding carboxylic acids is 4. The first-order valence-corrected chi connectivity index (χ1v) is 35.0. The molecule has 0 radical (unpaired) electrons. The highest BCUT2D eigenvalue weighted by atomic mass is 31.3. The van der Waals surface area contributed by atoms with Crippen LogP contribution in [0.1, 0.15) is 148 Å². The van der Waals surface area contributed by atoms with Crippen LogP contribution in [0.15, 0.2) is 28.7 Å². The molecule has 14 atom stereocenters. The molecule has 7 rings (SSSR count). The second kappa shape index (κ2) is 32.1. The summed E-state index contributed by atoms with van der Waals surface area (Å²) in [4.78, 5) is 102. The molecule has 2 aliphatic heterocycles. The maximum absolute atomic E-state index is 12.7. The molecular weight excluding hydrogens is 1210 g/mol. The lowest BCUT2D eigenvalue weighted by Crippen LogP contribution is -2.67. The first kappa shape index (κ1) is 70.9. The molecule has 494 valence electrons. The third-order valence-corrected chi connectivity index (χ3v) is 22.5. The number of hydrogen-bond acceptors (Lipinski definition) is 21. The Bertz CT molecular complexity index is 2720. The molecule has 3 heterocycles. The third-order valence-electron chi connectivity index (χ3n) is 18.7. The van der Waals surface area contributed by atoms with Crippen LogP contribution in [0.4, 0.5) is 5.82 Å². The van der Waals surface area contributed by atoms with E-state index in [1.807, 2.05) is 6.92 Å². The summed E-state index contributed by atoms with van der Waals surface area (Å²) in [7, 11) is -16.8. The van der Waals surface area contributed by atoms with Crippen molar-refractivity contribution in [3.05, 3.63) is 34.4 Å². The molecule has 4 saturated carbocycles. The predicted molar refractivity (Wildman–Crippen MR) is 310 cm³/mol. The SMILES string of the molecule is C[C@]12CC[C@H](OCC(=O)NCCOCCOCCNC(=O)CCCCCCCCCCC(=O)NCCCNc3ccn([C@H]4C[C@H](O)[C@@H](COP(=O)(O)OP(=O)(O)OP(=O)(O)O)O4)c(=O)n3)CC1CCC1C2C[C@@H](O)[C@]2(C)[C@@H](C3=CC(=O)OC3)CC[C@]12O. The van der Waals surface area contributed by atoms with Crippen LogP contribution < -0.4 is 27.0 Å². The fourth-order valence-electron chi connectivity index (χ4n) is 14.2. The fourth-order valence-corrected chi connectivity index (χ4v) is 17.2.